The Morgan fingerprint density at radius 2 is 2.03 bits per heavy atom. The van der Waals surface area contributed by atoms with Crippen LogP contribution in [0.15, 0.2) is 24.3 Å². The molecule has 154 valence electrons. The van der Waals surface area contributed by atoms with Gasteiger partial charge in [0.1, 0.15) is 5.69 Å². The number of anilines is 2. The van der Waals surface area contributed by atoms with Crippen molar-refractivity contribution in [2.24, 2.45) is 17.6 Å². The maximum atomic E-state index is 11.0. The van der Waals surface area contributed by atoms with Crippen LogP contribution in [-0.4, -0.2) is 28.5 Å². The number of nitrogens with one attached hydrogen (secondary N) is 2. The molecule has 1 amide bonds. The molecule has 1 aromatic heterocycles. The van der Waals surface area contributed by atoms with Crippen LogP contribution in [0.1, 0.15) is 38.4 Å². The van der Waals surface area contributed by atoms with Crippen LogP contribution in [-0.2, 0) is 4.74 Å². The number of nitrogens with zero attached hydrogens (tertiary/aromatic N) is 2. The van der Waals surface area contributed by atoms with Gasteiger partial charge in [0.05, 0.1) is 5.69 Å². The molecule has 0 bridgehead atoms. The number of nitrogens with two attached hydrogens (primary N) is 2. The first kappa shape index (κ1) is 20.9. The van der Waals surface area contributed by atoms with E-state index in [1.807, 2.05) is 6.07 Å². The normalized spacial score (nSPS) is 18.8. The number of hydrogen-bond donors (Lipinski definition) is 4. The highest BCUT2D eigenvalue weighted by Crippen LogP contribution is 2.33. The number of amides is 1. The molecule has 0 aliphatic heterocycles. The molecule has 0 atom stereocenters. The standard InChI is InChI=1S/C20H25ClN6O2/c1-11-5-7-12(8-6-11)10-25-16-15(13-3-2-4-14(21)9-13)26-19(27-17(16)22)18(23)29-20(24)28/h2-4,9,11-12,23,25H,5-8,10H2,1H3,(H2,24,28)(H2,22,26,27). The Morgan fingerprint density at radius 3 is 2.69 bits per heavy atom. The lowest BCUT2D eigenvalue weighted by atomic mass is 9.83. The van der Waals surface area contributed by atoms with E-state index in [9.17, 15) is 4.79 Å². The molecule has 6 N–H and O–H groups in total. The van der Waals surface area contributed by atoms with Gasteiger partial charge in [-0.1, -0.05) is 43.5 Å². The molecule has 0 saturated heterocycles. The van der Waals surface area contributed by atoms with E-state index in [0.29, 0.717) is 27.9 Å². The maximum absolute atomic E-state index is 11.0. The van der Waals surface area contributed by atoms with Gasteiger partial charge in [0.2, 0.25) is 5.82 Å². The van der Waals surface area contributed by atoms with Gasteiger partial charge < -0.3 is 21.5 Å². The summed E-state index contributed by atoms with van der Waals surface area (Å²) in [7, 11) is 0. The van der Waals surface area contributed by atoms with Crippen LogP contribution in [0.5, 0.6) is 0 Å². The summed E-state index contributed by atoms with van der Waals surface area (Å²) in [4.78, 5) is 19.5. The van der Waals surface area contributed by atoms with Crippen LogP contribution in [0.4, 0.5) is 16.3 Å². The van der Waals surface area contributed by atoms with Gasteiger partial charge in [-0.15, -0.1) is 0 Å². The largest absolute Gasteiger partial charge is 0.411 e. The topological polar surface area (TPSA) is 140 Å². The lowest BCUT2D eigenvalue weighted by Crippen LogP contribution is -2.23. The van der Waals surface area contributed by atoms with Crippen molar-refractivity contribution in [3.63, 3.8) is 0 Å². The SMILES string of the molecule is CC1CCC(CNc2c(N)nc(C(=N)OC(N)=O)nc2-c2cccc(Cl)c2)CC1. The molecule has 29 heavy (non-hydrogen) atoms. The Kier molecular flexibility index (Phi) is 6.53. The Bertz CT molecular complexity index is 912. The van der Waals surface area contributed by atoms with E-state index >= 15 is 0 Å². The highest BCUT2D eigenvalue weighted by atomic mass is 35.5. The third kappa shape index (κ3) is 5.35. The zero-order valence-electron chi connectivity index (χ0n) is 16.2. The molecule has 0 spiro atoms. The van der Waals surface area contributed by atoms with Crippen molar-refractivity contribution in [3.05, 3.63) is 35.1 Å². The average molecular weight is 417 g/mol. The third-order valence-electron chi connectivity index (χ3n) is 5.14. The fraction of sp³-hybridized carbons (Fsp3) is 0.400. The molecule has 0 radical (unpaired) electrons. The molecule has 9 heteroatoms. The number of benzene rings is 1. The van der Waals surface area contributed by atoms with Gasteiger partial charge in [0, 0.05) is 17.1 Å². The predicted molar refractivity (Wildman–Crippen MR) is 114 cm³/mol. The fourth-order valence-corrected chi connectivity index (χ4v) is 3.71. The Labute approximate surface area is 174 Å². The van der Waals surface area contributed by atoms with E-state index in [-0.39, 0.29) is 11.6 Å². The monoisotopic (exact) mass is 416 g/mol. The molecular formula is C20H25ClN6O2. The molecule has 1 aliphatic rings. The van der Waals surface area contributed by atoms with Gasteiger partial charge in [-0.3, -0.25) is 5.41 Å². The molecule has 8 nitrogen and oxygen atoms in total. The number of halogens is 1. The summed E-state index contributed by atoms with van der Waals surface area (Å²) in [5.41, 5.74) is 12.9. The van der Waals surface area contributed by atoms with Crippen LogP contribution in [0.3, 0.4) is 0 Å². The van der Waals surface area contributed by atoms with Crippen molar-refractivity contribution in [2.45, 2.75) is 32.6 Å². The van der Waals surface area contributed by atoms with Gasteiger partial charge in [0.15, 0.2) is 5.82 Å². The molecule has 1 heterocycles. The summed E-state index contributed by atoms with van der Waals surface area (Å²) in [5.74, 6) is 0.784. The lowest BCUT2D eigenvalue weighted by Gasteiger charge is -2.27. The van der Waals surface area contributed by atoms with Gasteiger partial charge in [-0.25, -0.2) is 14.8 Å². The number of primary amides is 1. The predicted octanol–water partition coefficient (Wildman–Crippen LogP) is 4.04. The van der Waals surface area contributed by atoms with E-state index in [4.69, 9.17) is 28.5 Å². The van der Waals surface area contributed by atoms with E-state index in [1.54, 1.807) is 18.2 Å². The minimum atomic E-state index is -1.12. The van der Waals surface area contributed by atoms with Crippen molar-refractivity contribution in [1.82, 2.24) is 9.97 Å². The molecule has 2 aromatic rings. The molecule has 3 rings (SSSR count). The number of rotatable bonds is 5. The first-order valence-corrected chi connectivity index (χ1v) is 9.94. The van der Waals surface area contributed by atoms with Crippen LogP contribution >= 0.6 is 11.6 Å². The fourth-order valence-electron chi connectivity index (χ4n) is 3.52. The van der Waals surface area contributed by atoms with E-state index in [2.05, 4.69) is 26.9 Å². The summed E-state index contributed by atoms with van der Waals surface area (Å²) in [6.45, 7) is 3.04. The van der Waals surface area contributed by atoms with Gasteiger partial charge in [-0.05, 0) is 36.8 Å². The second kappa shape index (κ2) is 9.09. The number of carbonyl (C=O) groups excluding carboxylic acids is 1. The Morgan fingerprint density at radius 1 is 1.31 bits per heavy atom. The van der Waals surface area contributed by atoms with Crippen LogP contribution in [0.25, 0.3) is 11.3 Å². The van der Waals surface area contributed by atoms with Crippen LogP contribution in [0, 0.1) is 17.2 Å². The van der Waals surface area contributed by atoms with Crippen molar-refractivity contribution in [3.8, 4) is 11.3 Å². The minimum absolute atomic E-state index is 0.131. The molecule has 1 aromatic carbocycles. The molecule has 1 fully saturated rings. The number of carbonyl (C=O) groups is 1. The second-order valence-electron chi connectivity index (χ2n) is 7.42. The first-order chi connectivity index (χ1) is 13.8. The second-order valence-corrected chi connectivity index (χ2v) is 7.86. The summed E-state index contributed by atoms with van der Waals surface area (Å²) < 4.78 is 4.61. The van der Waals surface area contributed by atoms with Gasteiger partial charge in [-0.2, -0.15) is 0 Å². The van der Waals surface area contributed by atoms with Crippen molar-refractivity contribution in [1.29, 1.82) is 5.41 Å². The lowest BCUT2D eigenvalue weighted by molar-refractivity contribution is 0.207. The summed E-state index contributed by atoms with van der Waals surface area (Å²) >= 11 is 6.15. The van der Waals surface area contributed by atoms with Crippen molar-refractivity contribution >= 4 is 35.1 Å². The van der Waals surface area contributed by atoms with Gasteiger partial charge >= 0.3 is 6.09 Å². The highest BCUT2D eigenvalue weighted by Gasteiger charge is 2.22. The van der Waals surface area contributed by atoms with Crippen LogP contribution < -0.4 is 16.8 Å². The number of aromatic nitrogens is 2. The average Bonchev–Trinajstić information content (AvgIpc) is 2.67. The van der Waals surface area contributed by atoms with E-state index < -0.39 is 12.0 Å². The maximum Gasteiger partial charge on any atom is 0.411 e. The number of ether oxygens (including phenoxy) is 1. The summed E-state index contributed by atoms with van der Waals surface area (Å²) in [6, 6.07) is 7.14. The zero-order chi connectivity index (χ0) is 21.0. The molecular weight excluding hydrogens is 392 g/mol. The Hall–Kier alpha value is -2.87. The highest BCUT2D eigenvalue weighted by molar-refractivity contribution is 6.30. The van der Waals surface area contributed by atoms with Crippen molar-refractivity contribution < 1.29 is 9.53 Å². The van der Waals surface area contributed by atoms with Gasteiger partial charge in [0.25, 0.3) is 5.90 Å². The molecule has 0 unspecified atom stereocenters. The van der Waals surface area contributed by atoms with Crippen LogP contribution in [0.2, 0.25) is 5.02 Å². The van der Waals surface area contributed by atoms with E-state index in [1.165, 1.54) is 12.8 Å². The molecule has 1 saturated carbocycles. The number of nitrogen functional groups attached to an aromatic ring is 1. The third-order valence-corrected chi connectivity index (χ3v) is 5.38. The Balaban J connectivity index is 1.93. The van der Waals surface area contributed by atoms with Crippen molar-refractivity contribution in [2.75, 3.05) is 17.6 Å². The number of hydrogen-bond acceptors (Lipinski definition) is 7. The van der Waals surface area contributed by atoms with E-state index in [0.717, 1.165) is 25.3 Å². The summed E-state index contributed by atoms with van der Waals surface area (Å²) in [5, 5.41) is 11.8. The molecule has 1 aliphatic carbocycles. The smallest absolute Gasteiger partial charge is 0.388 e. The summed E-state index contributed by atoms with van der Waals surface area (Å²) in [6.07, 6.45) is 3.66. The quantitative estimate of drug-likeness (QED) is 0.428. The minimum Gasteiger partial charge on any atom is -0.388 e. The first-order valence-electron chi connectivity index (χ1n) is 9.57. The zero-order valence-corrected chi connectivity index (χ0v) is 17.0.